The van der Waals surface area contributed by atoms with Gasteiger partial charge in [0.1, 0.15) is 24.1 Å². The Balaban J connectivity index is 2.57. The van der Waals surface area contributed by atoms with E-state index in [0.717, 1.165) is 0 Å². The summed E-state index contributed by atoms with van der Waals surface area (Å²) < 4.78 is 6.40. The number of ether oxygens (including phenoxy) is 1. The molecule has 0 saturated carbocycles. The topological polar surface area (TPSA) is 83.1 Å². The third-order valence-electron chi connectivity index (χ3n) is 2.08. The molecule has 7 heteroatoms. The van der Waals surface area contributed by atoms with Crippen LogP contribution < -0.4 is 4.74 Å². The summed E-state index contributed by atoms with van der Waals surface area (Å²) in [6.45, 7) is 0. The van der Waals surface area contributed by atoms with Crippen LogP contribution in [0.1, 0.15) is 0 Å². The van der Waals surface area contributed by atoms with Gasteiger partial charge in [-0.2, -0.15) is 0 Å². The van der Waals surface area contributed by atoms with Crippen molar-refractivity contribution in [3.05, 3.63) is 41.0 Å². The molecule has 16 heavy (non-hydrogen) atoms. The van der Waals surface area contributed by atoms with Crippen molar-refractivity contribution < 1.29 is 9.66 Å². The van der Waals surface area contributed by atoms with Crippen LogP contribution in [0.4, 0.5) is 5.69 Å². The number of hydrogen-bond acceptors (Lipinski definition) is 5. The van der Waals surface area contributed by atoms with E-state index in [-0.39, 0.29) is 5.69 Å². The molecule has 0 atom stereocenters. The van der Waals surface area contributed by atoms with Gasteiger partial charge < -0.3 is 4.74 Å². The normalized spacial score (nSPS) is 10.1. The number of nitrogens with zero attached hydrogens (tertiary/aromatic N) is 4. The van der Waals surface area contributed by atoms with Crippen molar-refractivity contribution in [3.8, 4) is 11.4 Å². The molecule has 0 aliphatic carbocycles. The molecule has 0 unspecified atom stereocenters. The second kappa shape index (κ2) is 3.97. The second-order valence-corrected chi connectivity index (χ2v) is 2.98. The summed E-state index contributed by atoms with van der Waals surface area (Å²) in [5.74, 6) is 0.434. The fourth-order valence-corrected chi connectivity index (χ4v) is 1.32. The Morgan fingerprint density at radius 1 is 1.38 bits per heavy atom. The zero-order chi connectivity index (χ0) is 11.5. The van der Waals surface area contributed by atoms with Crippen LogP contribution in [0, 0.1) is 10.1 Å². The zero-order valence-electron chi connectivity index (χ0n) is 8.40. The molecule has 0 fully saturated rings. The Labute approximate surface area is 90.4 Å². The molecular weight excluding hydrogens is 212 g/mol. The number of nitro groups is 1. The number of rotatable bonds is 3. The molecule has 0 amide bonds. The molecule has 0 aliphatic rings. The minimum atomic E-state index is -0.474. The highest BCUT2D eigenvalue weighted by molar-refractivity contribution is 5.55. The van der Waals surface area contributed by atoms with Crippen LogP contribution in [0.3, 0.4) is 0 Å². The van der Waals surface area contributed by atoms with Gasteiger partial charge in [-0.1, -0.05) is 0 Å². The first-order valence-electron chi connectivity index (χ1n) is 4.40. The number of benzene rings is 1. The van der Waals surface area contributed by atoms with Gasteiger partial charge >= 0.3 is 0 Å². The molecule has 82 valence electrons. The van der Waals surface area contributed by atoms with Gasteiger partial charge in [-0.05, 0) is 12.1 Å². The van der Waals surface area contributed by atoms with E-state index in [9.17, 15) is 10.1 Å². The Morgan fingerprint density at radius 3 is 2.62 bits per heavy atom. The van der Waals surface area contributed by atoms with E-state index in [4.69, 9.17) is 4.74 Å². The molecule has 0 spiro atoms. The van der Waals surface area contributed by atoms with Crippen LogP contribution in [0.15, 0.2) is 30.9 Å². The van der Waals surface area contributed by atoms with Crippen molar-refractivity contribution in [1.29, 1.82) is 0 Å². The molecule has 2 aromatic rings. The van der Waals surface area contributed by atoms with Crippen molar-refractivity contribution in [1.82, 2.24) is 14.8 Å². The first kappa shape index (κ1) is 10.1. The molecule has 1 heterocycles. The minimum absolute atomic E-state index is 0.0563. The van der Waals surface area contributed by atoms with Gasteiger partial charge in [-0.15, -0.1) is 10.2 Å². The molecule has 0 radical (unpaired) electrons. The Morgan fingerprint density at radius 2 is 2.06 bits per heavy atom. The first-order chi connectivity index (χ1) is 7.72. The lowest BCUT2D eigenvalue weighted by Gasteiger charge is -2.04. The van der Waals surface area contributed by atoms with Gasteiger partial charge in [-0.25, -0.2) is 0 Å². The predicted molar refractivity (Wildman–Crippen MR) is 54.6 cm³/mol. The Bertz CT molecular complexity index is 509. The smallest absolute Gasteiger partial charge is 0.296 e. The third kappa shape index (κ3) is 1.70. The fourth-order valence-electron chi connectivity index (χ4n) is 1.32. The van der Waals surface area contributed by atoms with E-state index in [1.807, 2.05) is 0 Å². The van der Waals surface area contributed by atoms with Gasteiger partial charge in [0, 0.05) is 0 Å². The number of hydrogen-bond donors (Lipinski definition) is 0. The van der Waals surface area contributed by atoms with Crippen LogP contribution in [-0.2, 0) is 0 Å². The molecular formula is C9H8N4O3. The van der Waals surface area contributed by atoms with Gasteiger partial charge in [0.2, 0.25) is 0 Å². The van der Waals surface area contributed by atoms with Crippen molar-refractivity contribution in [2.75, 3.05) is 7.11 Å². The van der Waals surface area contributed by atoms with E-state index >= 15 is 0 Å². The Kier molecular flexibility index (Phi) is 2.50. The number of aromatic nitrogens is 3. The lowest BCUT2D eigenvalue weighted by Crippen LogP contribution is -1.98. The molecule has 1 aromatic heterocycles. The van der Waals surface area contributed by atoms with E-state index in [2.05, 4.69) is 10.2 Å². The highest BCUT2D eigenvalue weighted by Gasteiger charge is 2.16. The first-order valence-corrected chi connectivity index (χ1v) is 4.40. The standard InChI is InChI=1S/C9H8N4O3/c1-16-7-2-3-8(9(4-7)13(14)15)12-5-10-11-6-12/h2-6H,1H3. The predicted octanol–water partition coefficient (Wildman–Crippen LogP) is 1.18. The minimum Gasteiger partial charge on any atom is -0.496 e. The maximum Gasteiger partial charge on any atom is 0.296 e. The SMILES string of the molecule is COc1ccc(-n2cnnc2)c([N+](=O)[O-])c1. The van der Waals surface area contributed by atoms with Crippen LogP contribution >= 0.6 is 0 Å². The molecule has 0 aliphatic heterocycles. The molecule has 7 nitrogen and oxygen atoms in total. The average Bonchev–Trinajstić information content (AvgIpc) is 2.81. The average molecular weight is 220 g/mol. The number of methoxy groups -OCH3 is 1. The van der Waals surface area contributed by atoms with E-state index in [1.54, 1.807) is 12.1 Å². The molecule has 1 aromatic carbocycles. The lowest BCUT2D eigenvalue weighted by atomic mass is 10.2. The maximum absolute atomic E-state index is 10.9. The zero-order valence-corrected chi connectivity index (χ0v) is 8.40. The highest BCUT2D eigenvalue weighted by Crippen LogP contribution is 2.27. The molecule has 0 saturated heterocycles. The summed E-state index contributed by atoms with van der Waals surface area (Å²) >= 11 is 0. The summed E-state index contributed by atoms with van der Waals surface area (Å²) in [5.41, 5.74) is 0.343. The summed E-state index contributed by atoms with van der Waals surface area (Å²) in [7, 11) is 1.46. The van der Waals surface area contributed by atoms with E-state index in [1.165, 1.54) is 30.4 Å². The summed E-state index contributed by atoms with van der Waals surface area (Å²) in [6.07, 6.45) is 2.80. The van der Waals surface area contributed by atoms with E-state index in [0.29, 0.717) is 11.4 Å². The maximum atomic E-state index is 10.9. The quantitative estimate of drug-likeness (QED) is 0.573. The number of nitro benzene ring substituents is 1. The van der Waals surface area contributed by atoms with Crippen molar-refractivity contribution in [2.24, 2.45) is 0 Å². The van der Waals surface area contributed by atoms with Crippen LogP contribution in [0.5, 0.6) is 5.75 Å². The highest BCUT2D eigenvalue weighted by atomic mass is 16.6. The summed E-state index contributed by atoms with van der Waals surface area (Å²) in [5, 5.41) is 18.1. The van der Waals surface area contributed by atoms with Crippen LogP contribution in [0.2, 0.25) is 0 Å². The van der Waals surface area contributed by atoms with Gasteiger partial charge in [0.05, 0.1) is 18.1 Å². The van der Waals surface area contributed by atoms with E-state index < -0.39 is 4.92 Å². The third-order valence-corrected chi connectivity index (χ3v) is 2.08. The Hall–Kier alpha value is -2.44. The van der Waals surface area contributed by atoms with Gasteiger partial charge in [-0.3, -0.25) is 14.7 Å². The monoisotopic (exact) mass is 220 g/mol. The van der Waals surface area contributed by atoms with Crippen LogP contribution in [-0.4, -0.2) is 26.8 Å². The van der Waals surface area contributed by atoms with Crippen LogP contribution in [0.25, 0.3) is 5.69 Å². The fraction of sp³-hybridized carbons (Fsp3) is 0.111. The van der Waals surface area contributed by atoms with Crippen molar-refractivity contribution in [3.63, 3.8) is 0 Å². The summed E-state index contributed by atoms with van der Waals surface area (Å²) in [6, 6.07) is 4.58. The molecule has 0 bridgehead atoms. The molecule has 2 rings (SSSR count). The van der Waals surface area contributed by atoms with Gasteiger partial charge in [0.15, 0.2) is 0 Å². The largest absolute Gasteiger partial charge is 0.496 e. The second-order valence-electron chi connectivity index (χ2n) is 2.98. The van der Waals surface area contributed by atoms with Crippen molar-refractivity contribution in [2.45, 2.75) is 0 Å². The summed E-state index contributed by atoms with van der Waals surface area (Å²) in [4.78, 5) is 10.4. The van der Waals surface area contributed by atoms with Crippen molar-refractivity contribution >= 4 is 5.69 Å². The molecule has 0 N–H and O–H groups in total. The van der Waals surface area contributed by atoms with Gasteiger partial charge in [0.25, 0.3) is 5.69 Å². The lowest BCUT2D eigenvalue weighted by molar-refractivity contribution is -0.384.